The van der Waals surface area contributed by atoms with Crippen molar-refractivity contribution in [3.05, 3.63) is 0 Å². The summed E-state index contributed by atoms with van der Waals surface area (Å²) >= 11 is 0. The van der Waals surface area contributed by atoms with Crippen LogP contribution in [0, 0.1) is 5.41 Å². The molecular weight excluding hydrogens is 162 g/mol. The Kier molecular flexibility index (Phi) is 2.25. The summed E-state index contributed by atoms with van der Waals surface area (Å²) in [7, 11) is -2.76. The molecule has 1 unspecified atom stereocenters. The molecule has 3 nitrogen and oxygen atoms in total. The SMILES string of the molecule is CCC1(CN)CCS(=O)(=O)C1. The molecule has 11 heavy (non-hydrogen) atoms. The zero-order valence-corrected chi connectivity index (χ0v) is 7.65. The van der Waals surface area contributed by atoms with Gasteiger partial charge in [0.15, 0.2) is 9.84 Å². The fraction of sp³-hybridized carbons (Fsp3) is 1.00. The summed E-state index contributed by atoms with van der Waals surface area (Å²) in [4.78, 5) is 0. The highest BCUT2D eigenvalue weighted by Gasteiger charge is 2.39. The van der Waals surface area contributed by atoms with Crippen molar-refractivity contribution >= 4 is 9.84 Å². The van der Waals surface area contributed by atoms with Gasteiger partial charge in [0.05, 0.1) is 11.5 Å². The predicted molar refractivity (Wildman–Crippen MR) is 45.0 cm³/mol. The quantitative estimate of drug-likeness (QED) is 0.653. The molecule has 1 atom stereocenters. The topological polar surface area (TPSA) is 60.2 Å². The van der Waals surface area contributed by atoms with Crippen molar-refractivity contribution in [1.82, 2.24) is 0 Å². The van der Waals surface area contributed by atoms with Crippen LogP contribution >= 0.6 is 0 Å². The highest BCUT2D eigenvalue weighted by molar-refractivity contribution is 7.91. The summed E-state index contributed by atoms with van der Waals surface area (Å²) in [6.07, 6.45) is 1.63. The second-order valence-corrected chi connectivity index (χ2v) is 5.58. The van der Waals surface area contributed by atoms with Crippen LogP contribution in [0.1, 0.15) is 19.8 Å². The molecule has 1 fully saturated rings. The van der Waals surface area contributed by atoms with Gasteiger partial charge in [-0.15, -0.1) is 0 Å². The Hall–Kier alpha value is -0.0900. The third-order valence-corrected chi connectivity index (χ3v) is 4.53. The molecular formula is C7H15NO2S. The summed E-state index contributed by atoms with van der Waals surface area (Å²) in [5, 5.41) is 0. The maximum Gasteiger partial charge on any atom is 0.150 e. The Labute approximate surface area is 67.9 Å². The van der Waals surface area contributed by atoms with Crippen LogP contribution in [0.15, 0.2) is 0 Å². The molecule has 0 bridgehead atoms. The van der Waals surface area contributed by atoms with E-state index in [4.69, 9.17) is 5.73 Å². The Balaban J connectivity index is 2.78. The fourth-order valence-electron chi connectivity index (χ4n) is 1.57. The standard InChI is InChI=1S/C7H15NO2S/c1-2-7(5-8)3-4-11(9,10)6-7/h2-6,8H2,1H3. The monoisotopic (exact) mass is 177 g/mol. The number of nitrogens with two attached hydrogens (primary N) is 1. The van der Waals surface area contributed by atoms with Crippen LogP contribution in [-0.2, 0) is 9.84 Å². The molecule has 0 radical (unpaired) electrons. The van der Waals surface area contributed by atoms with Crippen molar-refractivity contribution in [1.29, 1.82) is 0 Å². The molecule has 0 saturated carbocycles. The number of rotatable bonds is 2. The van der Waals surface area contributed by atoms with E-state index in [2.05, 4.69) is 0 Å². The summed E-state index contributed by atoms with van der Waals surface area (Å²) in [5.74, 6) is 0.630. The first-order chi connectivity index (χ1) is 5.04. The van der Waals surface area contributed by atoms with E-state index in [1.165, 1.54) is 0 Å². The second kappa shape index (κ2) is 2.75. The van der Waals surface area contributed by atoms with Crippen LogP contribution in [0.5, 0.6) is 0 Å². The molecule has 0 aromatic carbocycles. The van der Waals surface area contributed by atoms with E-state index in [-0.39, 0.29) is 5.41 Å². The molecule has 4 heteroatoms. The van der Waals surface area contributed by atoms with Gasteiger partial charge in [-0.2, -0.15) is 0 Å². The van der Waals surface area contributed by atoms with Crippen LogP contribution in [-0.4, -0.2) is 26.5 Å². The summed E-state index contributed by atoms with van der Waals surface area (Å²) in [6.45, 7) is 2.51. The van der Waals surface area contributed by atoms with Gasteiger partial charge in [0, 0.05) is 0 Å². The normalized spacial score (nSPS) is 35.8. The van der Waals surface area contributed by atoms with Crippen LogP contribution in [0.2, 0.25) is 0 Å². The molecule has 1 rings (SSSR count). The molecule has 0 spiro atoms. The highest BCUT2D eigenvalue weighted by atomic mass is 32.2. The lowest BCUT2D eigenvalue weighted by atomic mass is 9.85. The van der Waals surface area contributed by atoms with Gasteiger partial charge in [-0.05, 0) is 24.8 Å². The molecule has 1 saturated heterocycles. The van der Waals surface area contributed by atoms with Gasteiger partial charge in [0.1, 0.15) is 0 Å². The van der Waals surface area contributed by atoms with Crippen LogP contribution < -0.4 is 5.73 Å². The van der Waals surface area contributed by atoms with E-state index < -0.39 is 9.84 Å². The summed E-state index contributed by atoms with van der Waals surface area (Å²) in [5.41, 5.74) is 5.44. The Morgan fingerprint density at radius 2 is 2.18 bits per heavy atom. The molecule has 0 amide bonds. The largest absolute Gasteiger partial charge is 0.330 e. The Morgan fingerprint density at radius 3 is 2.36 bits per heavy atom. The first kappa shape index (κ1) is 9.00. The summed E-state index contributed by atoms with van der Waals surface area (Å²) in [6, 6.07) is 0. The second-order valence-electron chi connectivity index (χ2n) is 3.40. The van der Waals surface area contributed by atoms with E-state index in [1.807, 2.05) is 6.92 Å². The highest BCUT2D eigenvalue weighted by Crippen LogP contribution is 2.33. The lowest BCUT2D eigenvalue weighted by molar-refractivity contribution is 0.334. The van der Waals surface area contributed by atoms with Gasteiger partial charge in [-0.3, -0.25) is 0 Å². The molecule has 2 N–H and O–H groups in total. The zero-order valence-electron chi connectivity index (χ0n) is 6.84. The maximum atomic E-state index is 11.1. The van der Waals surface area contributed by atoms with E-state index in [0.29, 0.717) is 18.1 Å². The molecule has 1 heterocycles. The van der Waals surface area contributed by atoms with Gasteiger partial charge < -0.3 is 5.73 Å². The molecule has 1 aliphatic rings. The van der Waals surface area contributed by atoms with Gasteiger partial charge in [0.25, 0.3) is 0 Å². The maximum absolute atomic E-state index is 11.1. The van der Waals surface area contributed by atoms with Crippen molar-refractivity contribution in [3.8, 4) is 0 Å². The third-order valence-electron chi connectivity index (χ3n) is 2.65. The van der Waals surface area contributed by atoms with E-state index in [9.17, 15) is 8.42 Å². The zero-order chi connectivity index (χ0) is 8.54. The Bertz CT molecular complexity index is 229. The number of hydrogen-bond acceptors (Lipinski definition) is 3. The molecule has 66 valence electrons. The fourth-order valence-corrected chi connectivity index (χ4v) is 3.85. The van der Waals surface area contributed by atoms with Crippen molar-refractivity contribution < 1.29 is 8.42 Å². The minimum atomic E-state index is -2.76. The molecule has 0 aliphatic carbocycles. The van der Waals surface area contributed by atoms with E-state index in [0.717, 1.165) is 12.8 Å². The van der Waals surface area contributed by atoms with Crippen molar-refractivity contribution in [2.75, 3.05) is 18.1 Å². The number of sulfone groups is 1. The van der Waals surface area contributed by atoms with Crippen molar-refractivity contribution in [2.45, 2.75) is 19.8 Å². The van der Waals surface area contributed by atoms with Crippen molar-refractivity contribution in [2.24, 2.45) is 11.1 Å². The van der Waals surface area contributed by atoms with E-state index in [1.54, 1.807) is 0 Å². The van der Waals surface area contributed by atoms with Crippen molar-refractivity contribution in [3.63, 3.8) is 0 Å². The molecule has 1 aliphatic heterocycles. The van der Waals surface area contributed by atoms with Crippen LogP contribution in [0.4, 0.5) is 0 Å². The van der Waals surface area contributed by atoms with Gasteiger partial charge in [0.2, 0.25) is 0 Å². The first-order valence-electron chi connectivity index (χ1n) is 3.94. The lowest BCUT2D eigenvalue weighted by Gasteiger charge is -2.22. The number of hydrogen-bond donors (Lipinski definition) is 1. The average Bonchev–Trinajstić information content (AvgIpc) is 2.28. The van der Waals surface area contributed by atoms with Gasteiger partial charge in [-0.25, -0.2) is 8.42 Å². The summed E-state index contributed by atoms with van der Waals surface area (Å²) < 4.78 is 22.2. The third kappa shape index (κ3) is 1.73. The minimum Gasteiger partial charge on any atom is -0.330 e. The van der Waals surface area contributed by atoms with Crippen LogP contribution in [0.25, 0.3) is 0 Å². The average molecular weight is 177 g/mol. The van der Waals surface area contributed by atoms with Crippen LogP contribution in [0.3, 0.4) is 0 Å². The first-order valence-corrected chi connectivity index (χ1v) is 5.76. The van der Waals surface area contributed by atoms with Gasteiger partial charge in [-0.1, -0.05) is 6.92 Å². The molecule has 0 aromatic rings. The minimum absolute atomic E-state index is 0.0984. The predicted octanol–water partition coefficient (Wildman–Crippen LogP) is 0.160. The lowest BCUT2D eigenvalue weighted by Crippen LogP contribution is -2.30. The Morgan fingerprint density at radius 1 is 1.55 bits per heavy atom. The van der Waals surface area contributed by atoms with Gasteiger partial charge >= 0.3 is 0 Å². The van der Waals surface area contributed by atoms with E-state index >= 15 is 0 Å². The molecule has 0 aromatic heterocycles. The smallest absolute Gasteiger partial charge is 0.150 e.